The molecular formula is C53H49FN12O9. The number of imide groups is 2. The number of anilines is 4. The quantitative estimate of drug-likeness (QED) is 0.107. The first-order chi connectivity index (χ1) is 36.3. The van der Waals surface area contributed by atoms with Crippen molar-refractivity contribution in [1.29, 1.82) is 0 Å². The molecule has 4 aromatic carbocycles. The molecule has 1 saturated carbocycles. The van der Waals surface area contributed by atoms with Crippen molar-refractivity contribution in [2.45, 2.75) is 38.3 Å². The number of rotatable bonds is 13. The van der Waals surface area contributed by atoms with Crippen molar-refractivity contribution < 1.29 is 47.4 Å². The monoisotopic (exact) mass is 1020 g/mol. The van der Waals surface area contributed by atoms with Crippen molar-refractivity contribution >= 4 is 75.0 Å². The van der Waals surface area contributed by atoms with E-state index in [1.807, 2.05) is 12.1 Å². The predicted octanol–water partition coefficient (Wildman–Crippen LogP) is 4.40. The van der Waals surface area contributed by atoms with Crippen molar-refractivity contribution in [2.75, 3.05) is 79.9 Å². The van der Waals surface area contributed by atoms with Crippen LogP contribution >= 0.6 is 0 Å². The number of nitrogens with one attached hydrogen (secondary N) is 3. The van der Waals surface area contributed by atoms with Crippen LogP contribution in [0.2, 0.25) is 0 Å². The molecule has 4 fully saturated rings. The number of nitrogens with zero attached hydrogens (tertiary/aromatic N) is 9. The zero-order chi connectivity index (χ0) is 52.0. The molecule has 2 aromatic heterocycles. The molecule has 4 aliphatic heterocycles. The fourth-order valence-corrected chi connectivity index (χ4v) is 9.89. The van der Waals surface area contributed by atoms with Crippen molar-refractivity contribution in [3.8, 4) is 17.2 Å². The lowest BCUT2D eigenvalue weighted by atomic mass is 10.0. The normalized spacial score (nSPS) is 18.4. The molecule has 1 atom stereocenters. The van der Waals surface area contributed by atoms with Crippen LogP contribution in [0.15, 0.2) is 97.3 Å². The number of methoxy groups -OCH3 is 1. The number of ether oxygens (including phenoxy) is 2. The number of piperidine rings is 1. The standard InChI is InChI=1S/C53H49FN12O9/c1-74-44-27-38-39(55-17-14-43(38)75-35-9-6-33(7-10-35)58-52(73)53(15-16-53)51(72)57-32-4-2-31(54)3-5-32)28-42(44)64-22-24-65(25-23-64)50(71)40-29-56-45(61-60-40)30-62-18-20-63(21-19-62)34-8-11-36-37(26-34)49(70)66(48(36)69)41-12-13-46(67)59-47(41)68/h2-11,14,17,26-29,41H,12-13,15-16,18-25,30H2,1H3,(H,57,72)(H,58,73)(H,59,67,68). The summed E-state index contributed by atoms with van der Waals surface area (Å²) in [5, 5.41) is 17.0. The van der Waals surface area contributed by atoms with Gasteiger partial charge in [-0.3, -0.25) is 53.7 Å². The highest BCUT2D eigenvalue weighted by molar-refractivity contribution is 6.24. The Morgan fingerprint density at radius 2 is 1.43 bits per heavy atom. The number of halogens is 1. The molecule has 21 nitrogen and oxygen atoms in total. The Labute approximate surface area is 428 Å². The first-order valence-corrected chi connectivity index (χ1v) is 24.5. The van der Waals surface area contributed by atoms with Gasteiger partial charge in [-0.25, -0.2) is 9.37 Å². The lowest BCUT2D eigenvalue weighted by Crippen LogP contribution is -2.54. The SMILES string of the molecule is COc1cc2c(Oc3ccc(NC(=O)C4(C(=O)Nc5ccc(F)cc5)CC4)cc3)ccnc2cc1N1CCN(C(=O)c2cnc(CN3CCN(c4ccc5c(c4)C(=O)N(C4CCC(=O)NC4=O)C5=O)CC3)nn2)CC1. The topological polar surface area (TPSA) is 242 Å². The lowest BCUT2D eigenvalue weighted by molar-refractivity contribution is -0.136. The second-order valence-corrected chi connectivity index (χ2v) is 19.0. The van der Waals surface area contributed by atoms with Crippen molar-refractivity contribution in [2.24, 2.45) is 5.41 Å². The molecule has 5 aliphatic rings. The average molecular weight is 1020 g/mol. The second kappa shape index (κ2) is 19.8. The Balaban J connectivity index is 0.657. The number of pyridine rings is 1. The zero-order valence-corrected chi connectivity index (χ0v) is 40.6. The summed E-state index contributed by atoms with van der Waals surface area (Å²) < 4.78 is 25.5. The van der Waals surface area contributed by atoms with Crippen LogP contribution in [0.3, 0.4) is 0 Å². The highest BCUT2D eigenvalue weighted by Gasteiger charge is 2.56. The maximum atomic E-state index is 13.6. The minimum atomic E-state index is -1.20. The molecule has 0 bridgehead atoms. The Bertz CT molecular complexity index is 3290. The van der Waals surface area contributed by atoms with Gasteiger partial charge in [0.25, 0.3) is 17.7 Å². The molecule has 1 aliphatic carbocycles. The number of piperazine rings is 2. The molecular weight excluding hydrogens is 968 g/mol. The summed E-state index contributed by atoms with van der Waals surface area (Å²) in [6, 6.07) is 21.8. The molecule has 22 heteroatoms. The van der Waals surface area contributed by atoms with E-state index < -0.39 is 52.7 Å². The number of amides is 7. The molecule has 7 amide bonds. The fourth-order valence-electron chi connectivity index (χ4n) is 9.89. The molecule has 6 heterocycles. The van der Waals surface area contributed by atoms with Crippen LogP contribution in [-0.2, 0) is 25.7 Å². The Kier molecular flexibility index (Phi) is 12.8. The number of carbonyl (C=O) groups is 7. The van der Waals surface area contributed by atoms with Gasteiger partial charge in [0, 0.05) is 87.4 Å². The van der Waals surface area contributed by atoms with Crippen LogP contribution in [0.25, 0.3) is 10.9 Å². The van der Waals surface area contributed by atoms with E-state index in [2.05, 4.69) is 50.8 Å². The third-order valence-electron chi connectivity index (χ3n) is 14.3. The smallest absolute Gasteiger partial charge is 0.276 e. The van der Waals surface area contributed by atoms with E-state index in [-0.39, 0.29) is 35.6 Å². The van der Waals surface area contributed by atoms with Gasteiger partial charge in [-0.1, -0.05) is 0 Å². The minimum absolute atomic E-state index is 0.0526. The molecule has 382 valence electrons. The molecule has 11 rings (SSSR count). The van der Waals surface area contributed by atoms with E-state index in [1.165, 1.54) is 30.5 Å². The van der Waals surface area contributed by atoms with E-state index in [9.17, 15) is 38.0 Å². The van der Waals surface area contributed by atoms with Gasteiger partial charge in [0.15, 0.2) is 11.5 Å². The number of aromatic nitrogens is 4. The van der Waals surface area contributed by atoms with Gasteiger partial charge >= 0.3 is 0 Å². The van der Waals surface area contributed by atoms with Gasteiger partial charge < -0.3 is 34.8 Å². The summed E-state index contributed by atoms with van der Waals surface area (Å²) in [6.45, 7) is 4.83. The minimum Gasteiger partial charge on any atom is -0.495 e. The second-order valence-electron chi connectivity index (χ2n) is 19.0. The summed E-state index contributed by atoms with van der Waals surface area (Å²) in [5.41, 5.74) is 2.57. The molecule has 0 radical (unpaired) electrons. The van der Waals surface area contributed by atoms with E-state index in [1.54, 1.807) is 66.7 Å². The van der Waals surface area contributed by atoms with Gasteiger partial charge in [0.2, 0.25) is 23.6 Å². The van der Waals surface area contributed by atoms with E-state index in [0.717, 1.165) is 16.3 Å². The zero-order valence-electron chi connectivity index (χ0n) is 40.6. The summed E-state index contributed by atoms with van der Waals surface area (Å²) >= 11 is 0. The average Bonchev–Trinajstić information content (AvgIpc) is 4.22. The Hall–Kier alpha value is -8.92. The highest BCUT2D eigenvalue weighted by atomic mass is 19.1. The largest absolute Gasteiger partial charge is 0.495 e. The van der Waals surface area contributed by atoms with Gasteiger partial charge in [0.1, 0.15) is 34.5 Å². The summed E-state index contributed by atoms with van der Waals surface area (Å²) in [4.78, 5) is 109. The number of fused-ring (bicyclic) bond motifs is 2. The summed E-state index contributed by atoms with van der Waals surface area (Å²) in [7, 11) is 1.59. The molecule has 3 saturated heterocycles. The van der Waals surface area contributed by atoms with Crippen molar-refractivity contribution in [1.82, 2.24) is 40.2 Å². The molecule has 3 N–H and O–H groups in total. The Morgan fingerprint density at radius 1 is 0.747 bits per heavy atom. The summed E-state index contributed by atoms with van der Waals surface area (Å²) in [6.07, 6.45) is 4.06. The number of carbonyl (C=O) groups excluding carboxylic acids is 7. The van der Waals surface area contributed by atoms with E-state index in [0.29, 0.717) is 117 Å². The predicted molar refractivity (Wildman–Crippen MR) is 269 cm³/mol. The van der Waals surface area contributed by atoms with Crippen LogP contribution in [0.5, 0.6) is 17.2 Å². The van der Waals surface area contributed by atoms with Crippen LogP contribution in [0.4, 0.5) is 27.1 Å². The van der Waals surface area contributed by atoms with Gasteiger partial charge in [-0.2, -0.15) is 0 Å². The molecule has 75 heavy (non-hydrogen) atoms. The van der Waals surface area contributed by atoms with Gasteiger partial charge in [-0.15, -0.1) is 10.2 Å². The third kappa shape index (κ3) is 9.62. The highest BCUT2D eigenvalue weighted by Crippen LogP contribution is 2.48. The Morgan fingerprint density at radius 3 is 2.08 bits per heavy atom. The summed E-state index contributed by atoms with van der Waals surface area (Å²) in [5.74, 6) is -1.62. The first-order valence-electron chi connectivity index (χ1n) is 24.5. The number of hydrogen-bond donors (Lipinski definition) is 3. The van der Waals surface area contributed by atoms with Crippen LogP contribution in [0.1, 0.15) is 62.7 Å². The lowest BCUT2D eigenvalue weighted by Gasteiger charge is -2.36. The maximum absolute atomic E-state index is 13.6. The maximum Gasteiger partial charge on any atom is 0.276 e. The van der Waals surface area contributed by atoms with Crippen molar-refractivity contribution in [3.05, 3.63) is 126 Å². The first kappa shape index (κ1) is 48.4. The third-order valence-corrected chi connectivity index (χ3v) is 14.3. The number of benzene rings is 4. The molecule has 0 spiro atoms. The number of hydrogen-bond acceptors (Lipinski definition) is 16. The van der Waals surface area contributed by atoms with E-state index in [4.69, 9.17) is 9.47 Å². The van der Waals surface area contributed by atoms with Crippen LogP contribution in [0, 0.1) is 11.2 Å². The molecule has 6 aromatic rings. The fraction of sp³-hybridized carbons (Fsp3) is 0.302. The van der Waals surface area contributed by atoms with Crippen LogP contribution in [-0.4, -0.2) is 142 Å². The van der Waals surface area contributed by atoms with Gasteiger partial charge in [0.05, 0.1) is 42.2 Å². The van der Waals surface area contributed by atoms with Crippen LogP contribution < -0.4 is 35.2 Å². The van der Waals surface area contributed by atoms with Crippen molar-refractivity contribution in [3.63, 3.8) is 0 Å². The van der Waals surface area contributed by atoms with E-state index >= 15 is 0 Å². The molecule has 1 unspecified atom stereocenters. The van der Waals surface area contributed by atoms with Gasteiger partial charge in [-0.05, 0) is 104 Å².